The van der Waals surface area contributed by atoms with Crippen molar-refractivity contribution in [1.82, 2.24) is 14.9 Å². The Kier molecular flexibility index (Phi) is 6.13. The molecule has 3 rings (SSSR count). The van der Waals surface area contributed by atoms with E-state index in [0.717, 1.165) is 24.0 Å². The Morgan fingerprint density at radius 1 is 1.07 bits per heavy atom. The van der Waals surface area contributed by atoms with Crippen LogP contribution in [0.25, 0.3) is 0 Å². The molecule has 6 nitrogen and oxygen atoms in total. The lowest BCUT2D eigenvalue weighted by Crippen LogP contribution is -2.42. The molecule has 144 valence electrons. The minimum absolute atomic E-state index is 0.0791. The Hall–Kier alpha value is -2.38. The molecule has 27 heavy (non-hydrogen) atoms. The number of hydrogen-bond acceptors (Lipinski definition) is 3. The van der Waals surface area contributed by atoms with E-state index in [1.165, 1.54) is 0 Å². The number of sulfonamides is 1. The first-order chi connectivity index (χ1) is 13.0. The summed E-state index contributed by atoms with van der Waals surface area (Å²) in [7, 11) is -3.56. The van der Waals surface area contributed by atoms with Gasteiger partial charge in [-0.15, -0.1) is 0 Å². The number of carbonyl (C=O) groups excluding carboxylic acids is 1. The molecule has 2 amide bonds. The molecule has 1 aliphatic heterocycles. The Labute approximate surface area is 160 Å². The lowest BCUT2D eigenvalue weighted by molar-refractivity contribution is 0.193. The van der Waals surface area contributed by atoms with Crippen LogP contribution in [0.15, 0.2) is 59.5 Å². The van der Waals surface area contributed by atoms with Gasteiger partial charge in [-0.2, -0.15) is 0 Å². The van der Waals surface area contributed by atoms with Gasteiger partial charge in [-0.1, -0.05) is 48.0 Å². The van der Waals surface area contributed by atoms with Crippen LogP contribution in [0.5, 0.6) is 0 Å². The van der Waals surface area contributed by atoms with Crippen molar-refractivity contribution >= 4 is 16.1 Å². The summed E-state index contributed by atoms with van der Waals surface area (Å²) in [4.78, 5) is 14.5. The second-order valence-electron chi connectivity index (χ2n) is 6.70. The summed E-state index contributed by atoms with van der Waals surface area (Å²) in [5.74, 6) is 0. The molecule has 1 unspecified atom stereocenters. The summed E-state index contributed by atoms with van der Waals surface area (Å²) in [6.45, 7) is 2.99. The average molecular weight is 388 g/mol. The normalized spacial score (nSPS) is 17.1. The first-order valence-corrected chi connectivity index (χ1v) is 10.6. The molecule has 1 heterocycles. The molecular formula is C20H25N3O3S. The number of rotatable bonds is 6. The fourth-order valence-electron chi connectivity index (χ4n) is 3.29. The van der Waals surface area contributed by atoms with Crippen molar-refractivity contribution in [3.63, 3.8) is 0 Å². The van der Waals surface area contributed by atoms with E-state index < -0.39 is 10.0 Å². The highest BCUT2D eigenvalue weighted by molar-refractivity contribution is 7.89. The van der Waals surface area contributed by atoms with Gasteiger partial charge in [-0.3, -0.25) is 0 Å². The molecule has 2 aromatic carbocycles. The van der Waals surface area contributed by atoms with Crippen LogP contribution in [-0.4, -0.2) is 39.0 Å². The van der Waals surface area contributed by atoms with E-state index in [1.807, 2.05) is 42.2 Å². The molecule has 0 spiro atoms. The van der Waals surface area contributed by atoms with E-state index in [2.05, 4.69) is 10.0 Å². The van der Waals surface area contributed by atoms with Crippen molar-refractivity contribution in [2.45, 2.75) is 30.7 Å². The maximum absolute atomic E-state index is 12.5. The zero-order valence-corrected chi connectivity index (χ0v) is 16.2. The van der Waals surface area contributed by atoms with E-state index >= 15 is 0 Å². The van der Waals surface area contributed by atoms with Gasteiger partial charge in [-0.05, 0) is 37.5 Å². The van der Waals surface area contributed by atoms with Gasteiger partial charge in [-0.25, -0.2) is 17.9 Å². The quantitative estimate of drug-likeness (QED) is 0.748. The smallest absolute Gasteiger partial charge is 0.317 e. The van der Waals surface area contributed by atoms with Crippen molar-refractivity contribution < 1.29 is 13.2 Å². The predicted molar refractivity (Wildman–Crippen MR) is 105 cm³/mol. The lowest BCUT2D eigenvalue weighted by atomic mass is 10.1. The zero-order chi connectivity index (χ0) is 19.3. The molecule has 0 radical (unpaired) electrons. The number of nitrogens with zero attached hydrogens (tertiary/aromatic N) is 1. The van der Waals surface area contributed by atoms with Crippen molar-refractivity contribution in [3.05, 3.63) is 65.7 Å². The van der Waals surface area contributed by atoms with Crippen LogP contribution in [0.2, 0.25) is 0 Å². The second kappa shape index (κ2) is 8.54. The summed E-state index contributed by atoms with van der Waals surface area (Å²) >= 11 is 0. The van der Waals surface area contributed by atoms with Gasteiger partial charge < -0.3 is 10.2 Å². The van der Waals surface area contributed by atoms with Gasteiger partial charge in [0.2, 0.25) is 10.0 Å². The Balaban J connectivity index is 1.50. The number of urea groups is 1. The van der Waals surface area contributed by atoms with E-state index in [4.69, 9.17) is 0 Å². The number of benzene rings is 2. The fraction of sp³-hybridized carbons (Fsp3) is 0.350. The van der Waals surface area contributed by atoms with Crippen LogP contribution < -0.4 is 10.0 Å². The number of carbonyl (C=O) groups is 1. The molecule has 7 heteroatoms. The summed E-state index contributed by atoms with van der Waals surface area (Å²) in [5, 5.41) is 2.82. The number of aryl methyl sites for hydroxylation is 1. The minimum atomic E-state index is -3.56. The van der Waals surface area contributed by atoms with Gasteiger partial charge in [0.1, 0.15) is 0 Å². The van der Waals surface area contributed by atoms with Crippen LogP contribution in [0, 0.1) is 6.92 Å². The predicted octanol–water partition coefficient (Wildman–Crippen LogP) is 2.82. The SMILES string of the molecule is Cc1ccc(S(=O)(=O)NCCNC(=O)N2CCCC2c2ccccc2)cc1. The molecule has 0 aromatic heterocycles. The summed E-state index contributed by atoms with van der Waals surface area (Å²) < 4.78 is 27.0. The molecule has 0 aliphatic carbocycles. The summed E-state index contributed by atoms with van der Waals surface area (Å²) in [6, 6.07) is 16.6. The van der Waals surface area contributed by atoms with E-state index in [0.29, 0.717) is 6.54 Å². The Morgan fingerprint density at radius 2 is 1.78 bits per heavy atom. The highest BCUT2D eigenvalue weighted by atomic mass is 32.2. The molecule has 1 atom stereocenters. The first-order valence-electron chi connectivity index (χ1n) is 9.13. The summed E-state index contributed by atoms with van der Waals surface area (Å²) in [6.07, 6.45) is 1.91. The fourth-order valence-corrected chi connectivity index (χ4v) is 4.32. The third kappa shape index (κ3) is 4.87. The van der Waals surface area contributed by atoms with Crippen LogP contribution in [0.1, 0.15) is 30.0 Å². The van der Waals surface area contributed by atoms with Crippen molar-refractivity contribution in [2.24, 2.45) is 0 Å². The number of nitrogens with one attached hydrogen (secondary N) is 2. The summed E-state index contributed by atoms with van der Waals surface area (Å²) in [5.41, 5.74) is 2.13. The van der Waals surface area contributed by atoms with Gasteiger partial charge in [0.25, 0.3) is 0 Å². The lowest BCUT2D eigenvalue weighted by Gasteiger charge is -2.25. The third-order valence-corrected chi connectivity index (χ3v) is 6.20. The monoisotopic (exact) mass is 387 g/mol. The minimum Gasteiger partial charge on any atom is -0.337 e. The highest BCUT2D eigenvalue weighted by Crippen LogP contribution is 2.31. The molecule has 2 aromatic rings. The van der Waals surface area contributed by atoms with E-state index in [9.17, 15) is 13.2 Å². The second-order valence-corrected chi connectivity index (χ2v) is 8.47. The first kappa shape index (κ1) is 19.4. The van der Waals surface area contributed by atoms with Crippen LogP contribution in [-0.2, 0) is 10.0 Å². The molecular weight excluding hydrogens is 362 g/mol. The van der Waals surface area contributed by atoms with Crippen molar-refractivity contribution in [1.29, 1.82) is 0 Å². The molecule has 1 aliphatic rings. The van der Waals surface area contributed by atoms with Gasteiger partial charge in [0.05, 0.1) is 10.9 Å². The van der Waals surface area contributed by atoms with Crippen LogP contribution >= 0.6 is 0 Å². The molecule has 0 bridgehead atoms. The Bertz CT molecular complexity index is 867. The number of amides is 2. The maximum Gasteiger partial charge on any atom is 0.317 e. The van der Waals surface area contributed by atoms with E-state index in [-0.39, 0.29) is 30.1 Å². The van der Waals surface area contributed by atoms with Crippen molar-refractivity contribution in [3.8, 4) is 0 Å². The standard InChI is InChI=1S/C20H25N3O3S/c1-16-9-11-18(12-10-16)27(25,26)22-14-13-21-20(24)23-15-5-8-19(23)17-6-3-2-4-7-17/h2-4,6-7,9-12,19,22H,5,8,13-15H2,1H3,(H,21,24). The number of hydrogen-bond donors (Lipinski definition) is 2. The zero-order valence-electron chi connectivity index (χ0n) is 15.4. The molecule has 1 saturated heterocycles. The topological polar surface area (TPSA) is 78.5 Å². The van der Waals surface area contributed by atoms with Crippen molar-refractivity contribution in [2.75, 3.05) is 19.6 Å². The molecule has 1 fully saturated rings. The van der Waals surface area contributed by atoms with Gasteiger partial charge in [0.15, 0.2) is 0 Å². The highest BCUT2D eigenvalue weighted by Gasteiger charge is 2.29. The van der Waals surface area contributed by atoms with Crippen LogP contribution in [0.3, 0.4) is 0 Å². The van der Waals surface area contributed by atoms with E-state index in [1.54, 1.807) is 24.3 Å². The van der Waals surface area contributed by atoms with Gasteiger partial charge >= 0.3 is 6.03 Å². The maximum atomic E-state index is 12.5. The average Bonchev–Trinajstić information content (AvgIpc) is 3.16. The van der Waals surface area contributed by atoms with Gasteiger partial charge in [0, 0.05) is 19.6 Å². The van der Waals surface area contributed by atoms with Crippen LogP contribution in [0.4, 0.5) is 4.79 Å². The Morgan fingerprint density at radius 3 is 2.48 bits per heavy atom. The largest absolute Gasteiger partial charge is 0.337 e. The third-order valence-electron chi connectivity index (χ3n) is 4.72. The molecule has 0 saturated carbocycles. The molecule has 2 N–H and O–H groups in total. The number of likely N-dealkylation sites (tertiary alicyclic amines) is 1.